The van der Waals surface area contributed by atoms with Crippen LogP contribution in [-0.4, -0.2) is 40.8 Å². The Labute approximate surface area is 221 Å². The van der Waals surface area contributed by atoms with E-state index in [0.717, 1.165) is 11.1 Å². The fourth-order valence-electron chi connectivity index (χ4n) is 4.22. The van der Waals surface area contributed by atoms with Crippen LogP contribution < -0.4 is 10.9 Å². The van der Waals surface area contributed by atoms with E-state index >= 15 is 0 Å². The summed E-state index contributed by atoms with van der Waals surface area (Å²) in [4.78, 5) is 38.3. The smallest absolute Gasteiger partial charge is 0.356 e. The molecular formula is C26H22ClN7O4. The zero-order chi connectivity index (χ0) is 27.1. The highest BCUT2D eigenvalue weighted by molar-refractivity contribution is 6.29. The summed E-state index contributed by atoms with van der Waals surface area (Å²) in [5, 5.41) is 21.1. The predicted molar refractivity (Wildman–Crippen MR) is 141 cm³/mol. The van der Waals surface area contributed by atoms with Crippen LogP contribution in [0.1, 0.15) is 40.5 Å². The van der Waals surface area contributed by atoms with E-state index in [-0.39, 0.29) is 16.4 Å². The number of nitrogens with zero attached hydrogens (tertiary/aromatic N) is 6. The number of aromatic nitrogens is 6. The Morgan fingerprint density at radius 3 is 2.58 bits per heavy atom. The van der Waals surface area contributed by atoms with Crippen molar-refractivity contribution in [2.24, 2.45) is 7.05 Å². The predicted octanol–water partition coefficient (Wildman–Crippen LogP) is 4.58. The van der Waals surface area contributed by atoms with E-state index in [1.807, 2.05) is 19.9 Å². The number of carbonyl (C=O) groups is 1. The summed E-state index contributed by atoms with van der Waals surface area (Å²) >= 11 is 5.90. The lowest BCUT2D eigenvalue weighted by atomic mass is 10.0. The number of hydrogen-bond donors (Lipinski definition) is 2. The maximum Gasteiger partial charge on any atom is 0.356 e. The van der Waals surface area contributed by atoms with Crippen molar-refractivity contribution in [3.05, 3.63) is 80.8 Å². The van der Waals surface area contributed by atoms with E-state index in [9.17, 15) is 14.7 Å². The molecule has 0 saturated heterocycles. The number of carboxylic acids is 1. The molecule has 4 heterocycles. The first-order valence-electron chi connectivity index (χ1n) is 11.6. The normalized spacial score (nSPS) is 12.0. The Hall–Kier alpha value is -4.64. The molecule has 38 heavy (non-hydrogen) atoms. The number of fused-ring (bicyclic) bond motifs is 1. The second-order valence-electron chi connectivity index (χ2n) is 8.81. The van der Waals surface area contributed by atoms with Crippen LogP contribution in [-0.2, 0) is 7.05 Å². The van der Waals surface area contributed by atoms with Crippen LogP contribution >= 0.6 is 11.6 Å². The lowest BCUT2D eigenvalue weighted by molar-refractivity contribution is 0.0691. The van der Waals surface area contributed by atoms with Gasteiger partial charge in [-0.3, -0.25) is 14.3 Å². The summed E-state index contributed by atoms with van der Waals surface area (Å²) in [6.45, 7) is 5.44. The topological polar surface area (TPSA) is 149 Å². The van der Waals surface area contributed by atoms with Gasteiger partial charge < -0.3 is 14.8 Å². The average molecular weight is 532 g/mol. The molecule has 0 aliphatic heterocycles. The Kier molecular flexibility index (Phi) is 6.37. The third-order valence-electron chi connectivity index (χ3n) is 6.02. The Balaban J connectivity index is 1.60. The minimum absolute atomic E-state index is 0.0743. The first-order chi connectivity index (χ1) is 18.1. The van der Waals surface area contributed by atoms with Crippen molar-refractivity contribution in [3.8, 4) is 23.0 Å². The molecule has 0 fully saturated rings. The molecule has 5 aromatic rings. The number of pyridine rings is 2. The maximum absolute atomic E-state index is 13.4. The van der Waals surface area contributed by atoms with Gasteiger partial charge in [0.2, 0.25) is 5.89 Å². The van der Waals surface area contributed by atoms with Crippen LogP contribution in [0.2, 0.25) is 5.15 Å². The van der Waals surface area contributed by atoms with Gasteiger partial charge in [-0.2, -0.15) is 0 Å². The number of aromatic carboxylic acids is 1. The van der Waals surface area contributed by atoms with Gasteiger partial charge in [-0.15, -0.1) is 10.2 Å². The number of anilines is 1. The zero-order valence-corrected chi connectivity index (χ0v) is 21.6. The van der Waals surface area contributed by atoms with Gasteiger partial charge in [-0.05, 0) is 49.7 Å². The van der Waals surface area contributed by atoms with Crippen LogP contribution in [0.4, 0.5) is 5.69 Å². The molecule has 1 atom stereocenters. The molecule has 0 aliphatic rings. The number of rotatable bonds is 6. The minimum atomic E-state index is -1.21. The summed E-state index contributed by atoms with van der Waals surface area (Å²) in [6, 6.07) is 9.85. The van der Waals surface area contributed by atoms with Gasteiger partial charge in [0.05, 0.1) is 22.6 Å². The summed E-state index contributed by atoms with van der Waals surface area (Å²) in [5.74, 6) is -0.0680. The molecule has 11 nitrogen and oxygen atoms in total. The van der Waals surface area contributed by atoms with Crippen LogP contribution in [0.3, 0.4) is 0 Å². The highest BCUT2D eigenvalue weighted by Crippen LogP contribution is 2.29. The maximum atomic E-state index is 13.4. The number of benzene rings is 1. The molecule has 0 saturated carbocycles. The van der Waals surface area contributed by atoms with Crippen molar-refractivity contribution in [1.29, 1.82) is 0 Å². The van der Waals surface area contributed by atoms with Crippen molar-refractivity contribution in [2.45, 2.75) is 26.8 Å². The van der Waals surface area contributed by atoms with Gasteiger partial charge in [-0.1, -0.05) is 17.7 Å². The molecule has 0 unspecified atom stereocenters. The molecule has 0 spiro atoms. The fraction of sp³-hybridized carbons (Fsp3) is 0.192. The molecule has 12 heteroatoms. The van der Waals surface area contributed by atoms with Crippen LogP contribution in [0.5, 0.6) is 0 Å². The van der Waals surface area contributed by atoms with Crippen molar-refractivity contribution in [2.75, 3.05) is 5.32 Å². The molecule has 0 radical (unpaired) electrons. The molecule has 5 rings (SSSR count). The van der Waals surface area contributed by atoms with E-state index in [2.05, 4.69) is 25.5 Å². The lowest BCUT2D eigenvalue weighted by Gasteiger charge is -2.20. The summed E-state index contributed by atoms with van der Waals surface area (Å²) in [7, 11) is 1.65. The SMILES string of the molecule is Cc1cc([C@@H](C)Nc2ccc(Cl)nc2C(=O)O)c2nc(-c3ccc(-c4nnc(C)o4)nc3)n(C)c(=O)c2c1. The minimum Gasteiger partial charge on any atom is -0.476 e. The summed E-state index contributed by atoms with van der Waals surface area (Å²) < 4.78 is 6.91. The van der Waals surface area contributed by atoms with Gasteiger partial charge in [-0.25, -0.2) is 14.8 Å². The molecule has 1 aromatic carbocycles. The van der Waals surface area contributed by atoms with Crippen molar-refractivity contribution in [3.63, 3.8) is 0 Å². The fourth-order valence-corrected chi connectivity index (χ4v) is 4.37. The van der Waals surface area contributed by atoms with E-state index < -0.39 is 12.0 Å². The summed E-state index contributed by atoms with van der Waals surface area (Å²) in [5.41, 5.74) is 3.06. The van der Waals surface area contributed by atoms with Crippen LogP contribution in [0, 0.1) is 13.8 Å². The van der Waals surface area contributed by atoms with Gasteiger partial charge in [0, 0.05) is 31.3 Å². The second-order valence-corrected chi connectivity index (χ2v) is 9.20. The first-order valence-corrected chi connectivity index (χ1v) is 11.9. The van der Waals surface area contributed by atoms with E-state index in [4.69, 9.17) is 21.0 Å². The monoisotopic (exact) mass is 531 g/mol. The molecule has 0 amide bonds. The van der Waals surface area contributed by atoms with Crippen molar-refractivity contribution >= 4 is 34.2 Å². The quantitative estimate of drug-likeness (QED) is 0.298. The molecule has 0 aliphatic carbocycles. The Morgan fingerprint density at radius 2 is 1.92 bits per heavy atom. The largest absolute Gasteiger partial charge is 0.476 e. The van der Waals surface area contributed by atoms with Gasteiger partial charge in [0.15, 0.2) is 5.69 Å². The number of carboxylic acid groups (broad SMARTS) is 1. The van der Waals surface area contributed by atoms with E-state index in [1.165, 1.54) is 10.6 Å². The lowest BCUT2D eigenvalue weighted by Crippen LogP contribution is -2.22. The number of hydrogen-bond acceptors (Lipinski definition) is 9. The molecular weight excluding hydrogens is 510 g/mol. The number of nitrogens with one attached hydrogen (secondary N) is 1. The van der Waals surface area contributed by atoms with Crippen LogP contribution in [0.15, 0.2) is 51.8 Å². The van der Waals surface area contributed by atoms with Crippen LogP contribution in [0.25, 0.3) is 33.9 Å². The Bertz CT molecular complexity index is 1760. The van der Waals surface area contributed by atoms with Gasteiger partial charge in [0.25, 0.3) is 11.4 Å². The highest BCUT2D eigenvalue weighted by Gasteiger charge is 2.20. The van der Waals surface area contributed by atoms with E-state index in [0.29, 0.717) is 45.5 Å². The second kappa shape index (κ2) is 9.67. The zero-order valence-electron chi connectivity index (χ0n) is 20.9. The molecule has 2 N–H and O–H groups in total. The summed E-state index contributed by atoms with van der Waals surface area (Å²) in [6.07, 6.45) is 1.59. The van der Waals surface area contributed by atoms with E-state index in [1.54, 1.807) is 44.4 Å². The van der Waals surface area contributed by atoms with Crippen molar-refractivity contribution in [1.82, 2.24) is 29.7 Å². The van der Waals surface area contributed by atoms with Gasteiger partial charge in [0.1, 0.15) is 16.7 Å². The molecule has 0 bridgehead atoms. The first kappa shape index (κ1) is 25.0. The van der Waals surface area contributed by atoms with Gasteiger partial charge >= 0.3 is 5.97 Å². The average Bonchev–Trinajstić information content (AvgIpc) is 3.33. The third kappa shape index (κ3) is 4.59. The molecule has 192 valence electrons. The third-order valence-corrected chi connectivity index (χ3v) is 6.23. The Morgan fingerprint density at radius 1 is 1.13 bits per heavy atom. The number of aryl methyl sites for hydroxylation is 2. The number of halogens is 1. The molecule has 4 aromatic heterocycles. The highest BCUT2D eigenvalue weighted by atomic mass is 35.5. The standard InChI is InChI=1S/C26H22ClN7O4/c1-12-9-16(13(2)29-18-7-8-20(27)30-22(18)26(36)37)21-17(10-12)25(35)34(4)23(31-21)15-5-6-19(28-11-15)24-33-32-14(3)38-24/h5-11,13,29H,1-4H3,(H,36,37)/t13-/m1/s1. The van der Waals surface area contributed by atoms with Crippen molar-refractivity contribution < 1.29 is 14.3 Å².